The van der Waals surface area contributed by atoms with Crippen LogP contribution in [-0.4, -0.2) is 43.4 Å². The molecule has 260 valence electrons. The lowest BCUT2D eigenvalue weighted by Crippen LogP contribution is -2.31. The molecule has 0 spiro atoms. The zero-order valence-electron chi connectivity index (χ0n) is 28.2. The van der Waals surface area contributed by atoms with Gasteiger partial charge in [-0.15, -0.1) is 0 Å². The first kappa shape index (κ1) is 35.3. The molecule has 0 saturated heterocycles. The largest absolute Gasteiger partial charge is 0.325 e. The van der Waals surface area contributed by atoms with E-state index in [0.717, 1.165) is 73.9 Å². The van der Waals surface area contributed by atoms with Crippen molar-refractivity contribution in [3.63, 3.8) is 0 Å². The van der Waals surface area contributed by atoms with Crippen molar-refractivity contribution in [2.45, 2.75) is 62.2 Å². The summed E-state index contributed by atoms with van der Waals surface area (Å²) in [4.78, 5) is 78.5. The fraction of sp³-hybridized carbons (Fsp3) is 0.250. The van der Waals surface area contributed by atoms with Gasteiger partial charge in [0.05, 0.1) is 9.79 Å². The molecule has 0 aromatic heterocycles. The van der Waals surface area contributed by atoms with Crippen LogP contribution in [-0.2, 0) is 32.3 Å². The SMILES string of the molecule is CCCCc1ccc(NC(=O)C2C(=O)c3ccc(S(=O)(=O)c4ccc5c(c4)C(=O)C(C(=O)Nc4ccc(CCCC)cc4)C5=O)cc3C2=O)cc1. The van der Waals surface area contributed by atoms with Crippen LogP contribution in [0.25, 0.3) is 0 Å². The number of carbonyl (C=O) groups is 6. The van der Waals surface area contributed by atoms with Gasteiger partial charge in [0.1, 0.15) is 0 Å². The highest BCUT2D eigenvalue weighted by Gasteiger charge is 2.45. The van der Waals surface area contributed by atoms with Crippen LogP contribution < -0.4 is 10.6 Å². The van der Waals surface area contributed by atoms with Gasteiger partial charge in [-0.3, -0.25) is 28.8 Å². The summed E-state index contributed by atoms with van der Waals surface area (Å²) in [7, 11) is -4.39. The van der Waals surface area contributed by atoms with Crippen molar-refractivity contribution < 1.29 is 37.2 Å². The Hall–Kier alpha value is -5.55. The Bertz CT molecular complexity index is 2050. The first-order valence-electron chi connectivity index (χ1n) is 16.9. The molecule has 0 heterocycles. The lowest BCUT2D eigenvalue weighted by atomic mass is 10.0. The number of fused-ring (bicyclic) bond motifs is 2. The maximum atomic E-state index is 13.8. The number of sulfone groups is 1. The molecule has 0 aliphatic heterocycles. The topological polar surface area (TPSA) is 161 Å². The van der Waals surface area contributed by atoms with E-state index in [-0.39, 0.29) is 32.0 Å². The van der Waals surface area contributed by atoms with E-state index in [1.165, 1.54) is 12.1 Å². The summed E-state index contributed by atoms with van der Waals surface area (Å²) in [5.74, 6) is -8.14. The summed E-state index contributed by atoms with van der Waals surface area (Å²) in [6.45, 7) is 4.18. The van der Waals surface area contributed by atoms with Crippen molar-refractivity contribution >= 4 is 56.2 Å². The predicted octanol–water partition coefficient (Wildman–Crippen LogP) is 6.47. The lowest BCUT2D eigenvalue weighted by molar-refractivity contribution is -0.118. The lowest BCUT2D eigenvalue weighted by Gasteiger charge is -2.10. The van der Waals surface area contributed by atoms with E-state index in [2.05, 4.69) is 24.5 Å². The quantitative estimate of drug-likeness (QED) is 0.159. The van der Waals surface area contributed by atoms with Gasteiger partial charge in [-0.25, -0.2) is 8.42 Å². The summed E-state index contributed by atoms with van der Waals surface area (Å²) < 4.78 is 27.5. The Balaban J connectivity index is 1.18. The Morgan fingerprint density at radius 1 is 0.529 bits per heavy atom. The van der Waals surface area contributed by atoms with Gasteiger partial charge in [-0.05, 0) is 97.5 Å². The van der Waals surface area contributed by atoms with Gasteiger partial charge in [0.2, 0.25) is 21.7 Å². The van der Waals surface area contributed by atoms with Crippen LogP contribution in [0.4, 0.5) is 11.4 Å². The van der Waals surface area contributed by atoms with Crippen molar-refractivity contribution in [1.82, 2.24) is 0 Å². The third kappa shape index (κ3) is 6.81. The molecule has 2 aliphatic carbocycles. The van der Waals surface area contributed by atoms with Gasteiger partial charge in [-0.1, -0.05) is 51.0 Å². The van der Waals surface area contributed by atoms with Gasteiger partial charge in [0, 0.05) is 33.6 Å². The molecule has 10 nitrogen and oxygen atoms in total. The number of unbranched alkanes of at least 4 members (excludes halogenated alkanes) is 2. The molecule has 4 aromatic carbocycles. The van der Waals surface area contributed by atoms with Crippen LogP contribution in [0, 0.1) is 11.8 Å². The molecule has 4 aromatic rings. The number of benzene rings is 4. The van der Waals surface area contributed by atoms with Gasteiger partial charge in [0.15, 0.2) is 35.0 Å². The summed E-state index contributed by atoms with van der Waals surface area (Å²) in [5.41, 5.74) is 2.45. The summed E-state index contributed by atoms with van der Waals surface area (Å²) in [6.07, 6.45) is 5.89. The number of Topliss-reactive ketones (excluding diaryl/α,β-unsaturated/α-hetero) is 4. The number of anilines is 2. The fourth-order valence-electron chi connectivity index (χ4n) is 6.39. The van der Waals surface area contributed by atoms with E-state index in [4.69, 9.17) is 0 Å². The molecule has 2 amide bonds. The predicted molar refractivity (Wildman–Crippen MR) is 190 cm³/mol. The molecule has 0 fully saturated rings. The number of ketones is 4. The third-order valence-electron chi connectivity index (χ3n) is 9.32. The van der Waals surface area contributed by atoms with E-state index >= 15 is 0 Å². The highest BCUT2D eigenvalue weighted by atomic mass is 32.2. The monoisotopic (exact) mass is 704 g/mol. The highest BCUT2D eigenvalue weighted by molar-refractivity contribution is 7.91. The van der Waals surface area contributed by atoms with Crippen LogP contribution in [0.1, 0.15) is 92.1 Å². The number of amides is 2. The zero-order valence-corrected chi connectivity index (χ0v) is 29.0. The second-order valence-corrected chi connectivity index (χ2v) is 14.8. The van der Waals surface area contributed by atoms with E-state index < -0.39 is 56.6 Å². The van der Waals surface area contributed by atoms with E-state index in [0.29, 0.717) is 11.4 Å². The van der Waals surface area contributed by atoms with Crippen molar-refractivity contribution in [3.05, 3.63) is 118 Å². The standard InChI is InChI=1S/C40H36N2O8S/c1-3-5-7-23-9-13-25(14-10-23)41-39(47)33-35(43)29-19-17-27(21-31(29)37(33)45)51(49,50)28-18-20-30-32(22-28)38(46)34(36(30)44)40(48)42-26-15-11-24(12-16-26)8-6-4-2/h9-22,33-34H,3-8H2,1-2H3,(H,41,47)(H,42,48). The van der Waals surface area contributed by atoms with Crippen molar-refractivity contribution in [1.29, 1.82) is 0 Å². The molecule has 2 unspecified atom stereocenters. The Kier molecular flexibility index (Phi) is 9.93. The van der Waals surface area contributed by atoms with Gasteiger partial charge in [0.25, 0.3) is 0 Å². The molecule has 2 atom stereocenters. The zero-order chi connectivity index (χ0) is 36.4. The van der Waals surface area contributed by atoms with Crippen LogP contribution in [0.2, 0.25) is 0 Å². The average molecular weight is 705 g/mol. The number of carbonyl (C=O) groups excluding carboxylic acids is 6. The second-order valence-electron chi connectivity index (χ2n) is 12.8. The average Bonchev–Trinajstić information content (AvgIpc) is 3.54. The second kappa shape index (κ2) is 14.4. The summed E-state index contributed by atoms with van der Waals surface area (Å²) in [5, 5.41) is 5.22. The van der Waals surface area contributed by atoms with Gasteiger partial charge < -0.3 is 10.6 Å². The smallest absolute Gasteiger partial charge is 0.243 e. The Labute approximate surface area is 295 Å². The van der Waals surface area contributed by atoms with Crippen LogP contribution in [0.3, 0.4) is 0 Å². The van der Waals surface area contributed by atoms with Gasteiger partial charge in [-0.2, -0.15) is 0 Å². The minimum atomic E-state index is -4.39. The molecule has 0 bridgehead atoms. The highest BCUT2D eigenvalue weighted by Crippen LogP contribution is 2.35. The summed E-state index contributed by atoms with van der Waals surface area (Å²) in [6, 6.07) is 21.0. The normalized spacial score (nSPS) is 16.6. The minimum Gasteiger partial charge on any atom is -0.325 e. The maximum Gasteiger partial charge on any atom is 0.243 e. The Morgan fingerprint density at radius 2 is 0.882 bits per heavy atom. The number of rotatable bonds is 12. The minimum absolute atomic E-state index is 0.0757. The molecule has 6 rings (SSSR count). The first-order chi connectivity index (χ1) is 24.4. The molecular weight excluding hydrogens is 669 g/mol. The molecule has 51 heavy (non-hydrogen) atoms. The first-order valence-corrected chi connectivity index (χ1v) is 18.4. The van der Waals surface area contributed by atoms with Crippen LogP contribution in [0.15, 0.2) is 94.7 Å². The van der Waals surface area contributed by atoms with Crippen molar-refractivity contribution in [3.8, 4) is 0 Å². The number of aryl methyl sites for hydroxylation is 2. The van der Waals surface area contributed by atoms with E-state index in [1.807, 2.05) is 24.3 Å². The van der Waals surface area contributed by atoms with E-state index in [1.54, 1.807) is 24.3 Å². The maximum absolute atomic E-state index is 13.8. The molecule has 0 radical (unpaired) electrons. The van der Waals surface area contributed by atoms with Crippen LogP contribution in [0.5, 0.6) is 0 Å². The molecule has 2 aliphatic rings. The van der Waals surface area contributed by atoms with Crippen molar-refractivity contribution in [2.75, 3.05) is 10.6 Å². The van der Waals surface area contributed by atoms with Crippen molar-refractivity contribution in [2.24, 2.45) is 11.8 Å². The number of nitrogens with one attached hydrogen (secondary N) is 2. The molecule has 2 N–H and O–H groups in total. The van der Waals surface area contributed by atoms with Gasteiger partial charge >= 0.3 is 0 Å². The Morgan fingerprint density at radius 3 is 1.24 bits per heavy atom. The van der Waals surface area contributed by atoms with E-state index in [9.17, 15) is 37.2 Å². The fourth-order valence-corrected chi connectivity index (χ4v) is 7.70. The number of hydrogen-bond acceptors (Lipinski definition) is 8. The molecule has 0 saturated carbocycles. The molecular formula is C40H36N2O8S. The summed E-state index contributed by atoms with van der Waals surface area (Å²) >= 11 is 0. The molecule has 11 heteroatoms. The van der Waals surface area contributed by atoms with Crippen LogP contribution >= 0.6 is 0 Å². The number of hydrogen-bond donors (Lipinski definition) is 2. The third-order valence-corrected chi connectivity index (χ3v) is 11.1.